The van der Waals surface area contributed by atoms with E-state index in [2.05, 4.69) is 108 Å². The number of hydrogen-bond donors (Lipinski definition) is 0. The van der Waals surface area contributed by atoms with Crippen LogP contribution in [0.5, 0.6) is 5.75 Å². The number of aliphatic imine (C=N–C) groups is 2. The Bertz CT molecular complexity index is 2090. The predicted molar refractivity (Wildman–Crippen MR) is 220 cm³/mol. The zero-order valence-corrected chi connectivity index (χ0v) is 33.6. The first-order chi connectivity index (χ1) is 26.0. The van der Waals surface area contributed by atoms with Crippen molar-refractivity contribution in [3.8, 4) is 16.9 Å². The number of allylic oxidation sites excluding steroid dienone is 1. The van der Waals surface area contributed by atoms with Gasteiger partial charge in [0.05, 0.1) is 17.8 Å². The first-order valence-corrected chi connectivity index (χ1v) is 20.8. The minimum atomic E-state index is -0.00158. The molecule has 3 aromatic carbocycles. The van der Waals surface area contributed by atoms with Crippen LogP contribution in [0.1, 0.15) is 111 Å². The normalized spacial score (nSPS) is 24.8. The summed E-state index contributed by atoms with van der Waals surface area (Å²) in [6, 6.07) is 16.0. The van der Waals surface area contributed by atoms with E-state index in [9.17, 15) is 9.59 Å². The smallest absolute Gasteiger partial charge is 0.226 e. The van der Waals surface area contributed by atoms with E-state index in [4.69, 9.17) is 14.7 Å². The summed E-state index contributed by atoms with van der Waals surface area (Å²) in [6.45, 7) is 18.6. The van der Waals surface area contributed by atoms with Gasteiger partial charge >= 0.3 is 0 Å². The molecule has 5 heterocycles. The van der Waals surface area contributed by atoms with Crippen molar-refractivity contribution >= 4 is 45.3 Å². The third kappa shape index (κ3) is 6.29. The zero-order chi connectivity index (χ0) is 38.0. The number of hydrogen-bond acceptors (Lipinski definition) is 5. The first kappa shape index (κ1) is 36.7. The van der Waals surface area contributed by atoms with E-state index in [1.165, 1.54) is 38.6 Å². The summed E-state index contributed by atoms with van der Waals surface area (Å²) in [4.78, 5) is 41.7. The molecule has 0 radical (unpaired) electrons. The van der Waals surface area contributed by atoms with Crippen molar-refractivity contribution in [2.45, 2.75) is 125 Å². The van der Waals surface area contributed by atoms with Crippen LogP contribution in [-0.4, -0.2) is 57.7 Å². The molecule has 0 saturated carbocycles. The maximum atomic E-state index is 13.7. The number of ether oxygens (including phenoxy) is 1. The maximum Gasteiger partial charge on any atom is 0.226 e. The Morgan fingerprint density at radius 1 is 0.889 bits per heavy atom. The Morgan fingerprint density at radius 3 is 2.46 bits per heavy atom. The average molecular weight is 727 g/mol. The van der Waals surface area contributed by atoms with Crippen LogP contribution in [0.3, 0.4) is 0 Å². The average Bonchev–Trinajstić information content (AvgIpc) is 4.00. The van der Waals surface area contributed by atoms with Gasteiger partial charge < -0.3 is 14.5 Å². The molecule has 54 heavy (non-hydrogen) atoms. The molecule has 284 valence electrons. The molecular weight excluding hydrogens is 669 g/mol. The highest BCUT2D eigenvalue weighted by molar-refractivity contribution is 6.07. The third-order valence-corrected chi connectivity index (χ3v) is 14.0. The Balaban J connectivity index is 0.998. The van der Waals surface area contributed by atoms with Gasteiger partial charge in [-0.15, -0.1) is 0 Å². The van der Waals surface area contributed by atoms with Crippen LogP contribution in [0.2, 0.25) is 0 Å². The third-order valence-electron chi connectivity index (χ3n) is 14.0. The molecule has 8 rings (SSSR count). The van der Waals surface area contributed by atoms with Crippen molar-refractivity contribution in [3.05, 3.63) is 65.4 Å². The fraction of sp³-hybridized carbons (Fsp3) is 0.532. The van der Waals surface area contributed by atoms with Gasteiger partial charge in [-0.2, -0.15) is 0 Å². The molecule has 5 aliphatic heterocycles. The highest BCUT2D eigenvalue weighted by Crippen LogP contribution is 2.45. The number of carbonyl (C=O) groups excluding carboxylic acids is 2. The van der Waals surface area contributed by atoms with Gasteiger partial charge in [0, 0.05) is 60.5 Å². The van der Waals surface area contributed by atoms with E-state index in [1.807, 2.05) is 6.20 Å². The molecule has 0 bridgehead atoms. The second-order valence-electron chi connectivity index (χ2n) is 17.4. The Labute approximate surface area is 322 Å². The van der Waals surface area contributed by atoms with Gasteiger partial charge in [0.25, 0.3) is 0 Å². The lowest BCUT2D eigenvalue weighted by molar-refractivity contribution is -0.138. The van der Waals surface area contributed by atoms with E-state index in [-0.39, 0.29) is 41.8 Å². The standard InChI is InChI=1S/C47H58N4O3/c1-9-27(5)30(8)46(52)50-24-31(10-2)17-44(50)41-20-34(23-48-41)32-12-14-36-35(18-32)25-54-45-22-37-33(19-39(36)45)13-15-40-38(37)21-42(49-40)43-16-11-28(6)51(43)47(53)29(7)26(3)4/h12-15,18-19,22-23,26-31,43-44H,9-11,16-17,20-21,24-25H2,1-8H3/t27-,28-,29-,30-,31?,43-,44-/m0/s1. The number of amides is 2. The Kier molecular flexibility index (Phi) is 9.81. The van der Waals surface area contributed by atoms with Gasteiger partial charge in [0.15, 0.2) is 0 Å². The van der Waals surface area contributed by atoms with Crippen molar-refractivity contribution < 1.29 is 14.3 Å². The molecule has 2 saturated heterocycles. The zero-order valence-electron chi connectivity index (χ0n) is 33.6. The van der Waals surface area contributed by atoms with Crippen LogP contribution in [0.25, 0.3) is 27.5 Å². The predicted octanol–water partition coefficient (Wildman–Crippen LogP) is 10.2. The molecule has 2 amide bonds. The Hall–Kier alpha value is -4.26. The highest BCUT2D eigenvalue weighted by atomic mass is 16.5. The summed E-state index contributed by atoms with van der Waals surface area (Å²) in [5.74, 6) is 2.69. The molecule has 0 spiro atoms. The maximum absolute atomic E-state index is 13.7. The van der Waals surface area contributed by atoms with Crippen LogP contribution in [0.15, 0.2) is 58.6 Å². The molecule has 1 unspecified atom stereocenters. The molecule has 0 aliphatic carbocycles. The lowest BCUT2D eigenvalue weighted by atomic mass is 9.89. The number of benzene rings is 3. The molecule has 7 nitrogen and oxygen atoms in total. The molecule has 5 aliphatic rings. The largest absolute Gasteiger partial charge is 0.488 e. The molecule has 7 heteroatoms. The van der Waals surface area contributed by atoms with Gasteiger partial charge in [-0.05, 0) is 107 Å². The van der Waals surface area contributed by atoms with Crippen LogP contribution >= 0.6 is 0 Å². The van der Waals surface area contributed by atoms with Gasteiger partial charge in [0.2, 0.25) is 11.8 Å². The molecule has 0 N–H and O–H groups in total. The SMILES string of the molecule is CCC1C[C@@H](C2=NC=C(c3ccc4c(c3)COc3cc5c6c(ccc5cc3-4)N=C([C@@H]3CC[C@H](C)N3C(=O)[C@@H](C)C(C)C)C6)C2)N(C(=O)[C@@H](C)[C@@H](C)CC)C1. The fourth-order valence-electron chi connectivity index (χ4n) is 9.59. The first-order valence-electron chi connectivity index (χ1n) is 20.8. The van der Waals surface area contributed by atoms with Gasteiger partial charge in [0.1, 0.15) is 12.4 Å². The molecular formula is C47H58N4O3. The molecule has 7 atom stereocenters. The summed E-state index contributed by atoms with van der Waals surface area (Å²) in [6.07, 6.45) is 8.67. The van der Waals surface area contributed by atoms with Crippen molar-refractivity contribution in [2.24, 2.45) is 39.6 Å². The lowest BCUT2D eigenvalue weighted by Gasteiger charge is -2.32. The van der Waals surface area contributed by atoms with Crippen molar-refractivity contribution in [2.75, 3.05) is 6.54 Å². The summed E-state index contributed by atoms with van der Waals surface area (Å²) in [5, 5.41) is 2.37. The van der Waals surface area contributed by atoms with Gasteiger partial charge in [-0.3, -0.25) is 19.6 Å². The quantitative estimate of drug-likeness (QED) is 0.220. The fourth-order valence-corrected chi connectivity index (χ4v) is 9.59. The van der Waals surface area contributed by atoms with E-state index in [1.54, 1.807) is 0 Å². The van der Waals surface area contributed by atoms with Gasteiger partial charge in [-0.25, -0.2) is 0 Å². The van der Waals surface area contributed by atoms with E-state index >= 15 is 0 Å². The van der Waals surface area contributed by atoms with Crippen molar-refractivity contribution in [3.63, 3.8) is 0 Å². The minimum Gasteiger partial charge on any atom is -0.488 e. The summed E-state index contributed by atoms with van der Waals surface area (Å²) in [7, 11) is 0. The number of fused-ring (bicyclic) bond motifs is 6. The van der Waals surface area contributed by atoms with E-state index < -0.39 is 0 Å². The number of rotatable bonds is 9. The summed E-state index contributed by atoms with van der Waals surface area (Å²) >= 11 is 0. The van der Waals surface area contributed by atoms with Gasteiger partial charge in [-0.1, -0.05) is 79.5 Å². The second-order valence-corrected chi connectivity index (χ2v) is 17.4. The lowest BCUT2D eigenvalue weighted by Crippen LogP contribution is -2.47. The van der Waals surface area contributed by atoms with E-state index in [0.717, 1.165) is 79.9 Å². The van der Waals surface area contributed by atoms with Crippen molar-refractivity contribution in [1.82, 2.24) is 9.80 Å². The monoisotopic (exact) mass is 726 g/mol. The van der Waals surface area contributed by atoms with Crippen LogP contribution < -0.4 is 4.74 Å². The topological polar surface area (TPSA) is 74.6 Å². The van der Waals surface area contributed by atoms with E-state index in [0.29, 0.717) is 24.4 Å². The summed E-state index contributed by atoms with van der Waals surface area (Å²) < 4.78 is 6.51. The number of carbonyl (C=O) groups is 2. The summed E-state index contributed by atoms with van der Waals surface area (Å²) in [5.41, 5.74) is 10.4. The van der Waals surface area contributed by atoms with Crippen LogP contribution in [-0.2, 0) is 22.6 Å². The molecule has 3 aromatic rings. The van der Waals surface area contributed by atoms with Crippen molar-refractivity contribution in [1.29, 1.82) is 0 Å². The Morgan fingerprint density at radius 2 is 1.70 bits per heavy atom. The highest BCUT2D eigenvalue weighted by Gasteiger charge is 2.42. The van der Waals surface area contributed by atoms with Crippen LogP contribution in [0.4, 0.5) is 5.69 Å². The molecule has 0 aromatic heterocycles. The molecule has 2 fully saturated rings. The minimum absolute atomic E-state index is 0.00158. The number of likely N-dealkylation sites (tertiary alicyclic amines) is 2. The van der Waals surface area contributed by atoms with Crippen LogP contribution in [0, 0.1) is 29.6 Å². The second kappa shape index (κ2) is 14.4. The number of nitrogens with zero attached hydrogens (tertiary/aromatic N) is 4.